The van der Waals surface area contributed by atoms with Gasteiger partial charge < -0.3 is 15.4 Å². The zero-order chi connectivity index (χ0) is 20.3. The summed E-state index contributed by atoms with van der Waals surface area (Å²) in [6.07, 6.45) is 4.69. The number of rotatable bonds is 6. The van der Waals surface area contributed by atoms with Gasteiger partial charge in [-0.25, -0.2) is 4.79 Å². The first-order valence-electron chi connectivity index (χ1n) is 9.99. The molecule has 152 valence electrons. The van der Waals surface area contributed by atoms with E-state index < -0.39 is 17.5 Å². The first kappa shape index (κ1) is 20.2. The zero-order valence-corrected chi connectivity index (χ0v) is 16.8. The monoisotopic (exact) mass is 387 g/mol. The minimum Gasteiger partial charge on any atom is -0.497 e. The molecule has 28 heavy (non-hydrogen) atoms. The third kappa shape index (κ3) is 3.70. The van der Waals surface area contributed by atoms with Crippen molar-refractivity contribution in [2.75, 3.05) is 13.7 Å². The lowest BCUT2D eigenvalue weighted by molar-refractivity contribution is -0.135. The number of nitrogens with zero attached hydrogens (tertiary/aromatic N) is 1. The molecule has 2 N–H and O–H groups in total. The highest BCUT2D eigenvalue weighted by Gasteiger charge is 2.51. The second-order valence-corrected chi connectivity index (χ2v) is 7.74. The van der Waals surface area contributed by atoms with Crippen LogP contribution in [-0.2, 0) is 15.1 Å². The number of hydrogen-bond acceptors (Lipinski definition) is 4. The molecular weight excluding hydrogens is 358 g/mol. The van der Waals surface area contributed by atoms with Crippen molar-refractivity contribution in [2.24, 2.45) is 5.92 Å². The van der Waals surface area contributed by atoms with Gasteiger partial charge in [-0.1, -0.05) is 38.8 Å². The highest BCUT2D eigenvalue weighted by Crippen LogP contribution is 2.33. The summed E-state index contributed by atoms with van der Waals surface area (Å²) in [5.74, 6) is 0.403. The summed E-state index contributed by atoms with van der Waals surface area (Å²) in [4.78, 5) is 39.2. The van der Waals surface area contributed by atoms with Crippen molar-refractivity contribution in [2.45, 2.75) is 57.5 Å². The van der Waals surface area contributed by atoms with Crippen molar-refractivity contribution in [3.05, 3.63) is 29.8 Å². The van der Waals surface area contributed by atoms with Gasteiger partial charge in [0.05, 0.1) is 7.11 Å². The molecule has 1 saturated carbocycles. The maximum Gasteiger partial charge on any atom is 0.325 e. The van der Waals surface area contributed by atoms with Crippen LogP contribution >= 0.6 is 0 Å². The van der Waals surface area contributed by atoms with Gasteiger partial charge in [0.15, 0.2) is 0 Å². The number of carbonyl (C=O) groups excluding carboxylic acids is 3. The summed E-state index contributed by atoms with van der Waals surface area (Å²) in [7, 11) is 1.57. The molecule has 4 amide bonds. The van der Waals surface area contributed by atoms with Gasteiger partial charge in [0.1, 0.15) is 17.8 Å². The summed E-state index contributed by atoms with van der Waals surface area (Å²) >= 11 is 0. The molecule has 1 aromatic carbocycles. The molecular formula is C21H29N3O4. The quantitative estimate of drug-likeness (QED) is 0.735. The van der Waals surface area contributed by atoms with Gasteiger partial charge in [0.25, 0.3) is 5.91 Å². The van der Waals surface area contributed by atoms with Gasteiger partial charge >= 0.3 is 6.03 Å². The standard InChI is InChI=1S/C21H29N3O4/c1-4-21(15-9-11-16(28-3)12-10-15)19(26)24(20(27)23-21)13-18(25)22-17-8-6-5-7-14(17)2/h9-12,14,17H,4-8,13H2,1-3H3,(H,22,25)(H,23,27)/t14-,17+,21+/m0/s1. The van der Waals surface area contributed by atoms with Gasteiger partial charge in [0, 0.05) is 6.04 Å². The van der Waals surface area contributed by atoms with Crippen LogP contribution in [0.15, 0.2) is 24.3 Å². The fourth-order valence-corrected chi connectivity index (χ4v) is 4.21. The minimum atomic E-state index is -1.15. The molecule has 1 aromatic rings. The van der Waals surface area contributed by atoms with E-state index in [0.717, 1.165) is 24.2 Å². The van der Waals surface area contributed by atoms with Crippen molar-refractivity contribution in [1.29, 1.82) is 0 Å². The van der Waals surface area contributed by atoms with Crippen LogP contribution in [0.3, 0.4) is 0 Å². The molecule has 0 spiro atoms. The van der Waals surface area contributed by atoms with Gasteiger partial charge in [-0.3, -0.25) is 14.5 Å². The summed E-state index contributed by atoms with van der Waals surface area (Å²) in [5.41, 5.74) is -0.472. The molecule has 3 rings (SSSR count). The molecule has 0 unspecified atom stereocenters. The number of urea groups is 1. The van der Waals surface area contributed by atoms with E-state index >= 15 is 0 Å². The van der Waals surface area contributed by atoms with Gasteiger partial charge in [-0.05, 0) is 42.9 Å². The average molecular weight is 387 g/mol. The van der Waals surface area contributed by atoms with Crippen molar-refractivity contribution in [1.82, 2.24) is 15.5 Å². The van der Waals surface area contributed by atoms with Crippen LogP contribution < -0.4 is 15.4 Å². The SMILES string of the molecule is CC[C@]1(c2ccc(OC)cc2)NC(=O)N(CC(=O)N[C@@H]2CCCC[C@@H]2C)C1=O. The molecule has 7 heteroatoms. The highest BCUT2D eigenvalue weighted by molar-refractivity contribution is 6.09. The van der Waals surface area contributed by atoms with Gasteiger partial charge in [0.2, 0.25) is 5.91 Å². The topological polar surface area (TPSA) is 87.7 Å². The predicted octanol–water partition coefficient (Wildman–Crippen LogP) is 2.55. The van der Waals surface area contributed by atoms with Crippen molar-refractivity contribution in [3.8, 4) is 5.75 Å². The zero-order valence-electron chi connectivity index (χ0n) is 16.8. The Morgan fingerprint density at radius 3 is 2.54 bits per heavy atom. The maximum atomic E-state index is 13.1. The molecule has 2 fully saturated rings. The molecule has 3 atom stereocenters. The Kier molecular flexibility index (Phi) is 5.91. The van der Waals surface area contributed by atoms with E-state index in [-0.39, 0.29) is 18.5 Å². The molecule has 1 aliphatic carbocycles. The van der Waals surface area contributed by atoms with Gasteiger partial charge in [-0.2, -0.15) is 0 Å². The largest absolute Gasteiger partial charge is 0.497 e. The molecule has 1 heterocycles. The maximum absolute atomic E-state index is 13.1. The number of nitrogens with one attached hydrogen (secondary N) is 2. The summed E-state index contributed by atoms with van der Waals surface area (Å²) in [5, 5.41) is 5.81. The van der Waals surface area contributed by atoms with E-state index in [0.29, 0.717) is 23.7 Å². The van der Waals surface area contributed by atoms with E-state index in [1.807, 2.05) is 6.92 Å². The molecule has 2 aliphatic rings. The lowest BCUT2D eigenvalue weighted by atomic mass is 9.86. The van der Waals surface area contributed by atoms with Crippen molar-refractivity contribution < 1.29 is 19.1 Å². The van der Waals surface area contributed by atoms with Crippen molar-refractivity contribution in [3.63, 3.8) is 0 Å². The molecule has 1 saturated heterocycles. The smallest absolute Gasteiger partial charge is 0.325 e. The van der Waals surface area contributed by atoms with E-state index in [4.69, 9.17) is 4.74 Å². The number of carbonyl (C=O) groups is 3. The summed E-state index contributed by atoms with van der Waals surface area (Å²) < 4.78 is 5.17. The fraction of sp³-hybridized carbons (Fsp3) is 0.571. The third-order valence-corrected chi connectivity index (χ3v) is 6.05. The number of imide groups is 1. The highest BCUT2D eigenvalue weighted by atomic mass is 16.5. The van der Waals surface area contributed by atoms with E-state index in [9.17, 15) is 14.4 Å². The Bertz CT molecular complexity index is 749. The van der Waals surface area contributed by atoms with Crippen LogP contribution in [0.25, 0.3) is 0 Å². The number of hydrogen-bond donors (Lipinski definition) is 2. The van der Waals surface area contributed by atoms with Crippen molar-refractivity contribution >= 4 is 17.8 Å². The lowest BCUT2D eigenvalue weighted by Gasteiger charge is -2.30. The molecule has 0 aromatic heterocycles. The van der Waals surface area contributed by atoms with Crippen LogP contribution in [0.2, 0.25) is 0 Å². The second kappa shape index (κ2) is 8.20. The number of amides is 4. The first-order valence-corrected chi connectivity index (χ1v) is 9.99. The summed E-state index contributed by atoms with van der Waals surface area (Å²) in [6, 6.07) is 6.63. The van der Waals surface area contributed by atoms with E-state index in [1.165, 1.54) is 6.42 Å². The van der Waals surface area contributed by atoms with Gasteiger partial charge in [-0.15, -0.1) is 0 Å². The molecule has 1 aliphatic heterocycles. The minimum absolute atomic E-state index is 0.111. The molecule has 7 nitrogen and oxygen atoms in total. The fourth-order valence-electron chi connectivity index (χ4n) is 4.21. The average Bonchev–Trinajstić information content (AvgIpc) is 2.95. The van der Waals surface area contributed by atoms with Crippen LogP contribution in [0, 0.1) is 5.92 Å². The Morgan fingerprint density at radius 2 is 1.93 bits per heavy atom. The predicted molar refractivity (Wildman–Crippen MR) is 105 cm³/mol. The van der Waals surface area contributed by atoms with E-state index in [2.05, 4.69) is 17.6 Å². The molecule has 0 radical (unpaired) electrons. The number of ether oxygens (including phenoxy) is 1. The van der Waals surface area contributed by atoms with Crippen LogP contribution in [-0.4, -0.2) is 42.4 Å². The first-order chi connectivity index (χ1) is 13.4. The Balaban J connectivity index is 1.73. The number of benzene rings is 1. The second-order valence-electron chi connectivity index (χ2n) is 7.74. The molecule has 0 bridgehead atoms. The number of methoxy groups -OCH3 is 1. The van der Waals surface area contributed by atoms with Crippen LogP contribution in [0.4, 0.5) is 4.79 Å². The lowest BCUT2D eigenvalue weighted by Crippen LogP contribution is -2.48. The Labute approximate surface area is 165 Å². The van der Waals surface area contributed by atoms with E-state index in [1.54, 1.807) is 31.4 Å². The third-order valence-electron chi connectivity index (χ3n) is 6.05. The Morgan fingerprint density at radius 1 is 1.25 bits per heavy atom. The Hall–Kier alpha value is -2.57. The van der Waals surface area contributed by atoms with Crippen LogP contribution in [0.5, 0.6) is 5.75 Å². The summed E-state index contributed by atoms with van der Waals surface area (Å²) in [6.45, 7) is 3.71. The van der Waals surface area contributed by atoms with Crippen LogP contribution in [0.1, 0.15) is 51.5 Å². The normalized spacial score (nSPS) is 27.5.